The molecule has 3 nitrogen and oxygen atoms in total. The maximum absolute atomic E-state index is 11.6. The minimum atomic E-state index is -2.84. The zero-order chi connectivity index (χ0) is 10.9. The monoisotopic (exact) mass is 226 g/mol. The zero-order valence-corrected chi connectivity index (χ0v) is 9.57. The fraction of sp³-hybridized carbons (Fsp3) is 0.455. The molecule has 2 rings (SSSR count). The van der Waals surface area contributed by atoms with E-state index in [1.54, 1.807) is 0 Å². The van der Waals surface area contributed by atoms with E-state index < -0.39 is 9.84 Å². The predicted molar refractivity (Wildman–Crippen MR) is 59.5 cm³/mol. The third kappa shape index (κ3) is 2.21. The SMILES string of the molecule is C[NH2+][C@H]1CS(=O)(=O)C[C@H]1c1ccccc1. The Labute approximate surface area is 90.4 Å². The molecule has 15 heavy (non-hydrogen) atoms. The number of quaternary nitrogens is 1. The van der Waals surface area contributed by atoms with Crippen molar-refractivity contribution >= 4 is 9.84 Å². The molecule has 2 N–H and O–H groups in total. The summed E-state index contributed by atoms with van der Waals surface area (Å²) >= 11 is 0. The standard InChI is InChI=1S/C11H15NO2S/c1-12-11-8-15(13,14)7-10(11)9-5-3-2-4-6-9/h2-6,10-12H,7-8H2,1H3/p+1/t10-,11-/m0/s1. The summed E-state index contributed by atoms with van der Waals surface area (Å²) in [5.74, 6) is 0.760. The fourth-order valence-corrected chi connectivity index (χ4v) is 4.38. The molecule has 4 heteroatoms. The van der Waals surface area contributed by atoms with Gasteiger partial charge in [0.25, 0.3) is 0 Å². The lowest BCUT2D eigenvalue weighted by Crippen LogP contribution is -2.87. The third-order valence-electron chi connectivity index (χ3n) is 3.05. The molecule has 0 aromatic heterocycles. The Morgan fingerprint density at radius 1 is 1.20 bits per heavy atom. The van der Waals surface area contributed by atoms with Crippen molar-refractivity contribution in [3.8, 4) is 0 Å². The van der Waals surface area contributed by atoms with Crippen LogP contribution < -0.4 is 5.32 Å². The van der Waals surface area contributed by atoms with Crippen LogP contribution in [0.25, 0.3) is 0 Å². The lowest BCUT2D eigenvalue weighted by molar-refractivity contribution is -0.660. The van der Waals surface area contributed by atoms with Crippen molar-refractivity contribution in [3.05, 3.63) is 35.9 Å². The summed E-state index contributed by atoms with van der Waals surface area (Å²) < 4.78 is 23.1. The van der Waals surface area contributed by atoms with Crippen molar-refractivity contribution in [3.63, 3.8) is 0 Å². The van der Waals surface area contributed by atoms with Gasteiger partial charge < -0.3 is 5.32 Å². The number of benzene rings is 1. The molecule has 1 aromatic carbocycles. The summed E-state index contributed by atoms with van der Waals surface area (Å²) in [5.41, 5.74) is 1.14. The first-order valence-electron chi connectivity index (χ1n) is 5.17. The van der Waals surface area contributed by atoms with Crippen LogP contribution in [0.15, 0.2) is 30.3 Å². The molecule has 0 saturated carbocycles. The number of hydrogen-bond donors (Lipinski definition) is 1. The highest BCUT2D eigenvalue weighted by molar-refractivity contribution is 7.91. The van der Waals surface area contributed by atoms with E-state index in [-0.39, 0.29) is 12.0 Å². The molecule has 0 unspecified atom stereocenters. The average molecular weight is 226 g/mol. The highest BCUT2D eigenvalue weighted by Crippen LogP contribution is 2.27. The van der Waals surface area contributed by atoms with E-state index in [2.05, 4.69) is 0 Å². The quantitative estimate of drug-likeness (QED) is 0.756. The number of rotatable bonds is 2. The molecule has 0 bridgehead atoms. The molecule has 0 radical (unpaired) electrons. The minimum Gasteiger partial charge on any atom is -0.345 e. The van der Waals surface area contributed by atoms with Gasteiger partial charge >= 0.3 is 0 Å². The first-order chi connectivity index (χ1) is 7.12. The molecule has 1 fully saturated rings. The van der Waals surface area contributed by atoms with E-state index in [1.807, 2.05) is 42.7 Å². The maximum Gasteiger partial charge on any atom is 0.156 e. The highest BCUT2D eigenvalue weighted by Gasteiger charge is 2.40. The molecule has 2 atom stereocenters. The second kappa shape index (κ2) is 3.94. The van der Waals surface area contributed by atoms with Crippen molar-refractivity contribution in [2.75, 3.05) is 18.6 Å². The van der Waals surface area contributed by atoms with E-state index in [1.165, 1.54) is 0 Å². The van der Waals surface area contributed by atoms with Crippen LogP contribution in [0.4, 0.5) is 0 Å². The van der Waals surface area contributed by atoms with Crippen LogP contribution in [0, 0.1) is 0 Å². The molecular weight excluding hydrogens is 210 g/mol. The molecule has 0 aliphatic carbocycles. The van der Waals surface area contributed by atoms with Gasteiger partial charge in [-0.25, -0.2) is 8.42 Å². The van der Waals surface area contributed by atoms with Gasteiger partial charge in [0.2, 0.25) is 0 Å². The maximum atomic E-state index is 11.6. The van der Waals surface area contributed by atoms with Gasteiger partial charge in [-0.15, -0.1) is 0 Å². The molecule has 1 heterocycles. The number of nitrogens with two attached hydrogens (primary N) is 1. The van der Waals surface area contributed by atoms with Gasteiger partial charge in [0, 0.05) is 0 Å². The molecule has 1 saturated heterocycles. The first kappa shape index (κ1) is 10.6. The van der Waals surface area contributed by atoms with E-state index in [4.69, 9.17) is 0 Å². The van der Waals surface area contributed by atoms with Crippen molar-refractivity contribution in [1.82, 2.24) is 0 Å². The van der Waals surface area contributed by atoms with Crippen LogP contribution in [0.5, 0.6) is 0 Å². The van der Waals surface area contributed by atoms with Gasteiger partial charge in [-0.2, -0.15) is 0 Å². The van der Waals surface area contributed by atoms with Gasteiger partial charge in [-0.3, -0.25) is 0 Å². The van der Waals surface area contributed by atoms with E-state index in [0.29, 0.717) is 11.5 Å². The molecule has 1 aliphatic heterocycles. The zero-order valence-electron chi connectivity index (χ0n) is 8.76. The van der Waals surface area contributed by atoms with E-state index >= 15 is 0 Å². The van der Waals surface area contributed by atoms with Crippen LogP contribution in [0.1, 0.15) is 11.5 Å². The molecule has 1 aliphatic rings. The number of likely N-dealkylation sites (N-methyl/N-ethyl adjacent to an activating group) is 1. The normalized spacial score (nSPS) is 29.1. The Balaban J connectivity index is 2.30. The van der Waals surface area contributed by atoms with Crippen molar-refractivity contribution in [1.29, 1.82) is 0 Å². The number of hydrogen-bond acceptors (Lipinski definition) is 2. The van der Waals surface area contributed by atoms with Crippen molar-refractivity contribution < 1.29 is 13.7 Å². The first-order valence-corrected chi connectivity index (χ1v) is 6.99. The lowest BCUT2D eigenvalue weighted by atomic mass is 9.95. The Bertz CT molecular complexity index is 427. The summed E-state index contributed by atoms with van der Waals surface area (Å²) in [7, 11) is -0.890. The molecule has 0 amide bonds. The fourth-order valence-electron chi connectivity index (χ4n) is 2.25. The lowest BCUT2D eigenvalue weighted by Gasteiger charge is -2.14. The highest BCUT2D eigenvalue weighted by atomic mass is 32.2. The second-order valence-electron chi connectivity index (χ2n) is 4.09. The van der Waals surface area contributed by atoms with Crippen LogP contribution in [0.2, 0.25) is 0 Å². The van der Waals surface area contributed by atoms with Gasteiger partial charge in [0.15, 0.2) is 9.84 Å². The summed E-state index contributed by atoms with van der Waals surface area (Å²) in [4.78, 5) is 0. The molecule has 82 valence electrons. The van der Waals surface area contributed by atoms with Crippen LogP contribution in [-0.2, 0) is 9.84 Å². The smallest absolute Gasteiger partial charge is 0.156 e. The van der Waals surface area contributed by atoms with Gasteiger partial charge in [0.05, 0.1) is 18.7 Å². The third-order valence-corrected chi connectivity index (χ3v) is 4.81. The Kier molecular flexibility index (Phi) is 2.80. The largest absolute Gasteiger partial charge is 0.345 e. The summed E-state index contributed by atoms with van der Waals surface area (Å²) in [6.07, 6.45) is 0. The van der Waals surface area contributed by atoms with Crippen molar-refractivity contribution in [2.24, 2.45) is 0 Å². The van der Waals surface area contributed by atoms with E-state index in [9.17, 15) is 8.42 Å². The van der Waals surface area contributed by atoms with Gasteiger partial charge in [-0.05, 0) is 5.56 Å². The average Bonchev–Trinajstić information content (AvgIpc) is 2.55. The predicted octanol–water partition coefficient (Wildman–Crippen LogP) is -0.240. The Hall–Kier alpha value is -0.870. The topological polar surface area (TPSA) is 50.8 Å². The summed E-state index contributed by atoms with van der Waals surface area (Å²) in [6, 6.07) is 10.1. The molecule has 0 spiro atoms. The molecular formula is C11H16NO2S+. The summed E-state index contributed by atoms with van der Waals surface area (Å²) in [6.45, 7) is 0. The minimum absolute atomic E-state index is 0.154. The van der Waals surface area contributed by atoms with E-state index in [0.717, 1.165) is 5.56 Å². The Morgan fingerprint density at radius 3 is 2.47 bits per heavy atom. The van der Waals surface area contributed by atoms with Gasteiger partial charge in [0.1, 0.15) is 11.8 Å². The summed E-state index contributed by atoms with van der Waals surface area (Å²) in [5, 5.41) is 2.02. The van der Waals surface area contributed by atoms with Crippen LogP contribution >= 0.6 is 0 Å². The molecule has 1 aromatic rings. The van der Waals surface area contributed by atoms with Crippen LogP contribution in [-0.4, -0.2) is 33.0 Å². The van der Waals surface area contributed by atoms with Crippen LogP contribution in [0.3, 0.4) is 0 Å². The van der Waals surface area contributed by atoms with Crippen molar-refractivity contribution in [2.45, 2.75) is 12.0 Å². The van der Waals surface area contributed by atoms with Gasteiger partial charge in [-0.1, -0.05) is 30.3 Å². The second-order valence-corrected chi connectivity index (χ2v) is 6.25. The number of sulfone groups is 1. The Morgan fingerprint density at radius 2 is 1.87 bits per heavy atom.